The van der Waals surface area contributed by atoms with Crippen LogP contribution in [-0.4, -0.2) is 37.0 Å². The first-order valence-corrected chi connectivity index (χ1v) is 11.1. The molecular formula is C27H29N3O3. The van der Waals surface area contributed by atoms with Crippen molar-refractivity contribution in [3.63, 3.8) is 0 Å². The van der Waals surface area contributed by atoms with E-state index in [9.17, 15) is 9.59 Å². The molecule has 3 aromatic carbocycles. The maximum absolute atomic E-state index is 13.3. The van der Waals surface area contributed by atoms with Crippen LogP contribution in [0.5, 0.6) is 5.75 Å². The van der Waals surface area contributed by atoms with Crippen molar-refractivity contribution in [3.05, 3.63) is 89.0 Å². The highest BCUT2D eigenvalue weighted by Gasteiger charge is 2.27. The van der Waals surface area contributed by atoms with E-state index >= 15 is 0 Å². The number of ether oxygens (including phenoxy) is 1. The van der Waals surface area contributed by atoms with Crippen molar-refractivity contribution in [2.75, 3.05) is 30.4 Å². The Labute approximate surface area is 194 Å². The zero-order chi connectivity index (χ0) is 23.4. The molecule has 1 aliphatic rings. The predicted octanol–water partition coefficient (Wildman–Crippen LogP) is 5.40. The van der Waals surface area contributed by atoms with E-state index in [1.165, 1.54) is 16.7 Å². The van der Waals surface area contributed by atoms with Crippen LogP contribution in [0.3, 0.4) is 0 Å². The predicted molar refractivity (Wildman–Crippen MR) is 131 cm³/mol. The van der Waals surface area contributed by atoms with Crippen LogP contribution in [0.4, 0.5) is 16.2 Å². The third-order valence-corrected chi connectivity index (χ3v) is 5.92. The van der Waals surface area contributed by atoms with Gasteiger partial charge in [-0.2, -0.15) is 0 Å². The molecule has 1 aliphatic heterocycles. The summed E-state index contributed by atoms with van der Waals surface area (Å²) in [5, 5.41) is 2.92. The lowest BCUT2D eigenvalue weighted by Gasteiger charge is -2.36. The molecule has 6 nitrogen and oxygen atoms in total. The Morgan fingerprint density at radius 1 is 1.00 bits per heavy atom. The number of carbonyl (C=O) groups is 2. The minimum Gasteiger partial charge on any atom is -0.497 e. The van der Waals surface area contributed by atoms with Crippen molar-refractivity contribution in [1.29, 1.82) is 0 Å². The Morgan fingerprint density at radius 2 is 1.82 bits per heavy atom. The number of hydrogen-bond acceptors (Lipinski definition) is 3. The van der Waals surface area contributed by atoms with Crippen LogP contribution < -0.4 is 15.0 Å². The number of anilines is 2. The van der Waals surface area contributed by atoms with Crippen molar-refractivity contribution >= 4 is 23.3 Å². The van der Waals surface area contributed by atoms with Gasteiger partial charge < -0.3 is 15.0 Å². The molecule has 0 spiro atoms. The molecule has 1 heterocycles. The molecule has 0 aromatic heterocycles. The Bertz CT molecular complexity index is 1170. The molecule has 33 heavy (non-hydrogen) atoms. The van der Waals surface area contributed by atoms with Crippen LogP contribution in [0.2, 0.25) is 0 Å². The normalized spacial score (nSPS) is 13.7. The van der Waals surface area contributed by atoms with Gasteiger partial charge >= 0.3 is 6.03 Å². The number of benzene rings is 3. The summed E-state index contributed by atoms with van der Waals surface area (Å²) < 4.78 is 5.20. The summed E-state index contributed by atoms with van der Waals surface area (Å²) in [6.45, 7) is 6.12. The third-order valence-electron chi connectivity index (χ3n) is 5.92. The number of hydrogen-bond donors (Lipinski definition) is 1. The van der Waals surface area contributed by atoms with E-state index in [-0.39, 0.29) is 11.9 Å². The summed E-state index contributed by atoms with van der Waals surface area (Å²) in [5.74, 6) is 0.395. The fourth-order valence-corrected chi connectivity index (χ4v) is 4.06. The molecule has 0 radical (unpaired) electrons. The summed E-state index contributed by atoms with van der Waals surface area (Å²) in [6.07, 6.45) is 0.886. The van der Waals surface area contributed by atoms with Crippen LogP contribution in [0.15, 0.2) is 66.7 Å². The first-order chi connectivity index (χ1) is 15.9. The second-order valence-corrected chi connectivity index (χ2v) is 8.38. The molecule has 0 atom stereocenters. The van der Waals surface area contributed by atoms with Gasteiger partial charge in [-0.25, -0.2) is 4.79 Å². The molecule has 1 fully saturated rings. The quantitative estimate of drug-likeness (QED) is 0.555. The van der Waals surface area contributed by atoms with Gasteiger partial charge in [-0.05, 0) is 67.8 Å². The maximum atomic E-state index is 13.3. The molecule has 0 bridgehead atoms. The minimum atomic E-state index is -0.229. The number of aryl methyl sites for hydroxylation is 2. The van der Waals surface area contributed by atoms with E-state index in [0.717, 1.165) is 18.7 Å². The lowest BCUT2D eigenvalue weighted by atomic mass is 10.0. The number of carbonyl (C=O) groups excluding carboxylic acids is 2. The van der Waals surface area contributed by atoms with Crippen LogP contribution in [0.1, 0.15) is 33.5 Å². The molecule has 0 aliphatic carbocycles. The highest BCUT2D eigenvalue weighted by atomic mass is 16.5. The molecule has 3 aromatic rings. The van der Waals surface area contributed by atoms with Gasteiger partial charge in [0.1, 0.15) is 5.75 Å². The summed E-state index contributed by atoms with van der Waals surface area (Å²) in [4.78, 5) is 29.7. The van der Waals surface area contributed by atoms with Gasteiger partial charge in [0.05, 0.1) is 7.11 Å². The smallest absolute Gasteiger partial charge is 0.324 e. The molecule has 170 valence electrons. The number of nitrogens with zero attached hydrogens (tertiary/aromatic N) is 2. The largest absolute Gasteiger partial charge is 0.497 e. The molecular weight excluding hydrogens is 414 g/mol. The summed E-state index contributed by atoms with van der Waals surface area (Å²) in [6, 6.07) is 20.8. The summed E-state index contributed by atoms with van der Waals surface area (Å²) in [5.41, 5.74) is 5.47. The zero-order valence-electron chi connectivity index (χ0n) is 19.3. The van der Waals surface area contributed by atoms with E-state index in [1.54, 1.807) is 36.3 Å². The molecule has 6 heteroatoms. The maximum Gasteiger partial charge on any atom is 0.324 e. The van der Waals surface area contributed by atoms with E-state index < -0.39 is 0 Å². The van der Waals surface area contributed by atoms with E-state index in [2.05, 4.69) is 37.4 Å². The number of rotatable bonds is 6. The van der Waals surface area contributed by atoms with Crippen LogP contribution in [0.25, 0.3) is 0 Å². The average molecular weight is 444 g/mol. The first kappa shape index (κ1) is 22.4. The second kappa shape index (κ2) is 9.77. The molecule has 1 N–H and O–H groups in total. The monoisotopic (exact) mass is 443 g/mol. The Morgan fingerprint density at radius 3 is 2.64 bits per heavy atom. The molecule has 3 amide bonds. The van der Waals surface area contributed by atoms with Gasteiger partial charge in [0, 0.05) is 36.6 Å². The lowest BCUT2D eigenvalue weighted by Crippen LogP contribution is -2.49. The van der Waals surface area contributed by atoms with Gasteiger partial charge in [0.15, 0.2) is 0 Å². The Balaban J connectivity index is 1.49. The number of urea groups is 1. The van der Waals surface area contributed by atoms with Crippen LogP contribution in [-0.2, 0) is 6.54 Å². The summed E-state index contributed by atoms with van der Waals surface area (Å²) >= 11 is 0. The molecule has 0 saturated carbocycles. The van der Waals surface area contributed by atoms with Crippen LogP contribution >= 0.6 is 0 Å². The fraction of sp³-hybridized carbons (Fsp3) is 0.259. The van der Waals surface area contributed by atoms with Crippen molar-refractivity contribution in [2.45, 2.75) is 26.8 Å². The van der Waals surface area contributed by atoms with Crippen LogP contribution in [0, 0.1) is 13.8 Å². The van der Waals surface area contributed by atoms with Gasteiger partial charge in [-0.1, -0.05) is 35.9 Å². The van der Waals surface area contributed by atoms with Crippen molar-refractivity contribution < 1.29 is 14.3 Å². The minimum absolute atomic E-state index is 0.0153. The van der Waals surface area contributed by atoms with Crippen molar-refractivity contribution in [2.24, 2.45) is 0 Å². The topological polar surface area (TPSA) is 61.9 Å². The third kappa shape index (κ3) is 5.17. The van der Waals surface area contributed by atoms with Gasteiger partial charge in [0.25, 0.3) is 5.91 Å². The Hall–Kier alpha value is -3.80. The SMILES string of the molecule is COc1cccc(C(=O)Nc2cccc(N3CCCN(Cc4cc(C)ccc4C)C3=O)c2)c1. The second-order valence-electron chi connectivity index (χ2n) is 8.38. The Kier molecular flexibility index (Phi) is 6.63. The van der Waals surface area contributed by atoms with Crippen molar-refractivity contribution in [3.8, 4) is 5.75 Å². The summed E-state index contributed by atoms with van der Waals surface area (Å²) in [7, 11) is 1.57. The van der Waals surface area contributed by atoms with Gasteiger partial charge in [0.2, 0.25) is 0 Å². The number of amides is 3. The van der Waals surface area contributed by atoms with E-state index in [4.69, 9.17) is 4.74 Å². The average Bonchev–Trinajstić information content (AvgIpc) is 2.83. The number of methoxy groups -OCH3 is 1. The highest BCUT2D eigenvalue weighted by Crippen LogP contribution is 2.25. The lowest BCUT2D eigenvalue weighted by molar-refractivity contribution is 0.102. The standard InChI is InChI=1S/C27H29N3O3/c1-19-11-12-20(2)22(15-19)18-29-13-6-14-30(27(29)32)24-9-5-8-23(17-24)28-26(31)21-7-4-10-25(16-21)33-3/h4-5,7-12,15-17H,6,13-14,18H2,1-3H3,(H,28,31). The first-order valence-electron chi connectivity index (χ1n) is 11.1. The highest BCUT2D eigenvalue weighted by molar-refractivity contribution is 6.05. The van der Waals surface area contributed by atoms with E-state index in [1.807, 2.05) is 29.2 Å². The number of nitrogens with one attached hydrogen (secondary N) is 1. The van der Waals surface area contributed by atoms with Crippen molar-refractivity contribution in [1.82, 2.24) is 4.90 Å². The van der Waals surface area contributed by atoms with E-state index in [0.29, 0.717) is 30.1 Å². The molecule has 0 unspecified atom stereocenters. The van der Waals surface area contributed by atoms with Gasteiger partial charge in [-0.3, -0.25) is 9.69 Å². The van der Waals surface area contributed by atoms with Gasteiger partial charge in [-0.15, -0.1) is 0 Å². The fourth-order valence-electron chi connectivity index (χ4n) is 4.06. The molecule has 4 rings (SSSR count). The zero-order valence-corrected chi connectivity index (χ0v) is 19.3. The molecule has 1 saturated heterocycles.